The van der Waals surface area contributed by atoms with Crippen molar-refractivity contribution < 1.29 is 0 Å². The van der Waals surface area contributed by atoms with Gasteiger partial charge in [-0.1, -0.05) is 30.3 Å². The van der Waals surface area contributed by atoms with Crippen molar-refractivity contribution in [1.82, 2.24) is 10.2 Å². The second kappa shape index (κ2) is 5.17. The molecule has 0 spiro atoms. The van der Waals surface area contributed by atoms with Gasteiger partial charge >= 0.3 is 0 Å². The Labute approximate surface area is 103 Å². The smallest absolute Gasteiger partial charge is 0.0233 e. The van der Waals surface area contributed by atoms with Gasteiger partial charge in [0.2, 0.25) is 0 Å². The Morgan fingerprint density at radius 2 is 1.69 bits per heavy atom. The van der Waals surface area contributed by atoms with Crippen molar-refractivity contribution in [1.29, 1.82) is 0 Å². The molecule has 1 aromatic rings. The molecule has 1 N–H and O–H groups in total. The van der Waals surface area contributed by atoms with Crippen molar-refractivity contribution in [3.8, 4) is 0 Å². The average Bonchev–Trinajstić information content (AvgIpc) is 2.79. The van der Waals surface area contributed by atoms with Crippen LogP contribution >= 0.6 is 12.4 Å². The third kappa shape index (κ3) is 2.40. The Hall–Kier alpha value is -0.570. The molecule has 0 bridgehead atoms. The molecule has 0 saturated carbocycles. The number of likely N-dealkylation sites (tertiary alicyclic amines) is 1. The predicted octanol–water partition coefficient (Wildman–Crippen LogP) is 1.76. The summed E-state index contributed by atoms with van der Waals surface area (Å²) in [6.07, 6.45) is 0. The molecular weight excluding hydrogens is 220 g/mol. The Bertz CT molecular complexity index is 316. The summed E-state index contributed by atoms with van der Waals surface area (Å²) in [6.45, 7) is 6.17. The summed E-state index contributed by atoms with van der Waals surface area (Å²) >= 11 is 0. The van der Waals surface area contributed by atoms with E-state index in [0.717, 1.165) is 18.4 Å². The summed E-state index contributed by atoms with van der Waals surface area (Å²) in [4.78, 5) is 2.60. The first-order valence-corrected chi connectivity index (χ1v) is 5.89. The van der Waals surface area contributed by atoms with Gasteiger partial charge in [0, 0.05) is 19.6 Å². The zero-order valence-corrected chi connectivity index (χ0v) is 10.2. The highest BCUT2D eigenvalue weighted by Gasteiger charge is 2.35. The van der Waals surface area contributed by atoms with Crippen LogP contribution in [0.4, 0.5) is 0 Å². The number of halogens is 1. The van der Waals surface area contributed by atoms with E-state index in [1.54, 1.807) is 0 Å². The van der Waals surface area contributed by atoms with Crippen LogP contribution in [0.3, 0.4) is 0 Å². The molecule has 0 unspecified atom stereocenters. The van der Waals surface area contributed by atoms with E-state index >= 15 is 0 Å². The molecule has 2 aliphatic rings. The molecule has 2 fully saturated rings. The maximum Gasteiger partial charge on any atom is 0.0233 e. The van der Waals surface area contributed by atoms with Crippen molar-refractivity contribution in [2.24, 2.45) is 11.8 Å². The molecule has 0 radical (unpaired) electrons. The third-order valence-electron chi connectivity index (χ3n) is 3.71. The third-order valence-corrected chi connectivity index (χ3v) is 3.71. The molecule has 16 heavy (non-hydrogen) atoms. The molecule has 0 aliphatic carbocycles. The van der Waals surface area contributed by atoms with Crippen LogP contribution in [0.1, 0.15) is 5.56 Å². The summed E-state index contributed by atoms with van der Waals surface area (Å²) < 4.78 is 0. The van der Waals surface area contributed by atoms with E-state index in [1.165, 1.54) is 31.7 Å². The van der Waals surface area contributed by atoms with Gasteiger partial charge in [0.15, 0.2) is 0 Å². The fraction of sp³-hybridized carbons (Fsp3) is 0.538. The molecule has 1 aromatic carbocycles. The number of rotatable bonds is 2. The van der Waals surface area contributed by atoms with Gasteiger partial charge in [0.25, 0.3) is 0 Å². The van der Waals surface area contributed by atoms with Gasteiger partial charge in [-0.25, -0.2) is 0 Å². The summed E-state index contributed by atoms with van der Waals surface area (Å²) in [6, 6.07) is 10.8. The maximum atomic E-state index is 3.48. The van der Waals surface area contributed by atoms with Crippen LogP contribution in [0.5, 0.6) is 0 Å². The van der Waals surface area contributed by atoms with E-state index in [0.29, 0.717) is 0 Å². The van der Waals surface area contributed by atoms with Crippen LogP contribution < -0.4 is 5.32 Å². The van der Waals surface area contributed by atoms with Gasteiger partial charge in [-0.15, -0.1) is 12.4 Å². The first-order chi connectivity index (χ1) is 7.42. The van der Waals surface area contributed by atoms with Gasteiger partial charge < -0.3 is 5.32 Å². The van der Waals surface area contributed by atoms with E-state index in [1.807, 2.05) is 0 Å². The molecular formula is C13H19ClN2. The van der Waals surface area contributed by atoms with Crippen molar-refractivity contribution in [2.75, 3.05) is 26.2 Å². The van der Waals surface area contributed by atoms with Crippen LogP contribution in [0, 0.1) is 11.8 Å². The molecule has 3 heteroatoms. The van der Waals surface area contributed by atoms with E-state index in [-0.39, 0.29) is 12.4 Å². The summed E-state index contributed by atoms with van der Waals surface area (Å²) in [5.41, 5.74) is 1.45. The highest BCUT2D eigenvalue weighted by Crippen LogP contribution is 2.27. The minimum Gasteiger partial charge on any atom is -0.316 e. The maximum absolute atomic E-state index is 3.48. The lowest BCUT2D eigenvalue weighted by molar-refractivity contribution is 0.305. The first-order valence-electron chi connectivity index (χ1n) is 5.89. The van der Waals surface area contributed by atoms with Crippen LogP contribution in [0.25, 0.3) is 0 Å². The number of fused-ring (bicyclic) bond motifs is 1. The van der Waals surface area contributed by atoms with Crippen molar-refractivity contribution in [3.63, 3.8) is 0 Å². The zero-order chi connectivity index (χ0) is 10.1. The molecule has 2 atom stereocenters. The number of hydrogen-bond acceptors (Lipinski definition) is 2. The highest BCUT2D eigenvalue weighted by molar-refractivity contribution is 5.85. The Morgan fingerprint density at radius 3 is 2.31 bits per heavy atom. The van der Waals surface area contributed by atoms with Crippen molar-refractivity contribution >= 4 is 12.4 Å². The topological polar surface area (TPSA) is 15.3 Å². The highest BCUT2D eigenvalue weighted by atomic mass is 35.5. The standard InChI is InChI=1S/C13H18N2.ClH/c1-2-4-11(5-3-1)8-15-9-12-6-14-7-13(12)10-15;/h1-5,12-14H,6-10H2;1H/t12-,13+;. The van der Waals surface area contributed by atoms with Crippen LogP contribution in [-0.4, -0.2) is 31.1 Å². The van der Waals surface area contributed by atoms with Crippen LogP contribution in [0.15, 0.2) is 30.3 Å². The number of benzene rings is 1. The fourth-order valence-electron chi connectivity index (χ4n) is 2.92. The Balaban J connectivity index is 0.000000963. The fourth-order valence-corrected chi connectivity index (χ4v) is 2.92. The Kier molecular flexibility index (Phi) is 3.85. The summed E-state index contributed by atoms with van der Waals surface area (Å²) in [7, 11) is 0. The lowest BCUT2D eigenvalue weighted by Gasteiger charge is -2.16. The quantitative estimate of drug-likeness (QED) is 0.845. The van der Waals surface area contributed by atoms with Gasteiger partial charge in [-0.3, -0.25) is 4.90 Å². The van der Waals surface area contributed by atoms with E-state index in [2.05, 4.69) is 40.5 Å². The minimum atomic E-state index is 0. The van der Waals surface area contributed by atoms with Crippen molar-refractivity contribution in [2.45, 2.75) is 6.54 Å². The van der Waals surface area contributed by atoms with E-state index < -0.39 is 0 Å². The van der Waals surface area contributed by atoms with Gasteiger partial charge in [-0.2, -0.15) is 0 Å². The number of hydrogen-bond donors (Lipinski definition) is 1. The molecule has 2 nitrogen and oxygen atoms in total. The number of nitrogens with zero attached hydrogens (tertiary/aromatic N) is 1. The molecule has 3 rings (SSSR count). The van der Waals surface area contributed by atoms with E-state index in [4.69, 9.17) is 0 Å². The summed E-state index contributed by atoms with van der Waals surface area (Å²) in [5, 5.41) is 3.48. The second-order valence-corrected chi connectivity index (χ2v) is 4.86. The first kappa shape index (κ1) is 11.9. The normalized spacial score (nSPS) is 28.8. The minimum absolute atomic E-state index is 0. The number of nitrogens with one attached hydrogen (secondary N) is 1. The average molecular weight is 239 g/mol. The van der Waals surface area contributed by atoms with Crippen LogP contribution in [-0.2, 0) is 6.54 Å². The largest absolute Gasteiger partial charge is 0.316 e. The second-order valence-electron chi connectivity index (χ2n) is 4.86. The summed E-state index contributed by atoms with van der Waals surface area (Å²) in [5.74, 6) is 1.82. The van der Waals surface area contributed by atoms with Crippen LogP contribution in [0.2, 0.25) is 0 Å². The van der Waals surface area contributed by atoms with Gasteiger partial charge in [0.05, 0.1) is 0 Å². The lowest BCUT2D eigenvalue weighted by atomic mass is 10.0. The lowest BCUT2D eigenvalue weighted by Crippen LogP contribution is -2.25. The zero-order valence-electron chi connectivity index (χ0n) is 9.43. The molecule has 2 saturated heterocycles. The van der Waals surface area contributed by atoms with E-state index in [9.17, 15) is 0 Å². The SMILES string of the molecule is Cl.c1ccc(CN2C[C@H]3CNC[C@H]3C2)cc1. The molecule has 88 valence electrons. The van der Waals surface area contributed by atoms with Crippen molar-refractivity contribution in [3.05, 3.63) is 35.9 Å². The molecule has 0 amide bonds. The predicted molar refractivity (Wildman–Crippen MR) is 68.8 cm³/mol. The molecule has 2 aliphatic heterocycles. The molecule has 0 aromatic heterocycles. The van der Waals surface area contributed by atoms with Gasteiger partial charge in [0.1, 0.15) is 0 Å². The molecule has 2 heterocycles. The Morgan fingerprint density at radius 1 is 1.06 bits per heavy atom. The van der Waals surface area contributed by atoms with Gasteiger partial charge in [-0.05, 0) is 30.5 Å². The monoisotopic (exact) mass is 238 g/mol.